The highest BCUT2D eigenvalue weighted by Gasteiger charge is 2.28. The van der Waals surface area contributed by atoms with Crippen molar-refractivity contribution in [1.29, 1.82) is 0 Å². The highest BCUT2D eigenvalue weighted by atomic mass is 35.5. The Bertz CT molecular complexity index is 914. The second kappa shape index (κ2) is 8.78. The van der Waals surface area contributed by atoms with Crippen LogP contribution in [0.2, 0.25) is 5.02 Å². The number of rotatable bonds is 6. The SMILES string of the molecule is Cc1cc(OCCOc2ccccc2/C=C2\SC(=S)N(C)C2=O)ccc1Cl. The third-order valence-corrected chi connectivity index (χ3v) is 5.84. The van der Waals surface area contributed by atoms with Crippen LogP contribution in [0.15, 0.2) is 47.4 Å². The van der Waals surface area contributed by atoms with Crippen molar-refractivity contribution >= 4 is 51.9 Å². The number of ether oxygens (including phenoxy) is 2. The van der Waals surface area contributed by atoms with Crippen molar-refractivity contribution in [2.45, 2.75) is 6.92 Å². The number of thioether (sulfide) groups is 1. The van der Waals surface area contributed by atoms with Gasteiger partial charge in [-0.15, -0.1) is 0 Å². The van der Waals surface area contributed by atoms with Crippen LogP contribution in [0.5, 0.6) is 11.5 Å². The van der Waals surface area contributed by atoms with E-state index in [1.54, 1.807) is 7.05 Å². The van der Waals surface area contributed by atoms with Crippen molar-refractivity contribution in [3.05, 3.63) is 63.5 Å². The molecule has 3 rings (SSSR count). The molecule has 0 aromatic heterocycles. The molecule has 0 aliphatic carbocycles. The van der Waals surface area contributed by atoms with E-state index in [2.05, 4.69) is 0 Å². The molecule has 0 spiro atoms. The largest absolute Gasteiger partial charge is 0.490 e. The van der Waals surface area contributed by atoms with E-state index in [1.807, 2.05) is 55.5 Å². The number of thiocarbonyl (C=S) groups is 1. The number of likely N-dealkylation sites (N-methyl/N-ethyl adjacent to an activating group) is 1. The van der Waals surface area contributed by atoms with Gasteiger partial charge in [-0.1, -0.05) is 53.8 Å². The molecule has 0 N–H and O–H groups in total. The van der Waals surface area contributed by atoms with Crippen molar-refractivity contribution in [3.8, 4) is 11.5 Å². The van der Waals surface area contributed by atoms with Crippen LogP contribution in [0.1, 0.15) is 11.1 Å². The molecule has 7 heteroatoms. The maximum absolute atomic E-state index is 12.2. The molecule has 1 aliphatic rings. The first-order chi connectivity index (χ1) is 13.0. The van der Waals surface area contributed by atoms with E-state index < -0.39 is 0 Å². The number of hydrogen-bond donors (Lipinski definition) is 0. The summed E-state index contributed by atoms with van der Waals surface area (Å²) in [4.78, 5) is 14.2. The zero-order valence-electron chi connectivity index (χ0n) is 14.9. The molecule has 0 bridgehead atoms. The normalized spacial score (nSPS) is 15.5. The summed E-state index contributed by atoms with van der Waals surface area (Å²) in [5, 5.41) is 0.713. The number of para-hydroxylation sites is 1. The van der Waals surface area contributed by atoms with Crippen molar-refractivity contribution in [3.63, 3.8) is 0 Å². The Labute approximate surface area is 173 Å². The molecule has 0 atom stereocenters. The summed E-state index contributed by atoms with van der Waals surface area (Å²) in [7, 11) is 1.68. The molecule has 2 aromatic rings. The Morgan fingerprint density at radius 1 is 1.19 bits per heavy atom. The first-order valence-electron chi connectivity index (χ1n) is 8.28. The van der Waals surface area contributed by atoms with E-state index in [0.29, 0.717) is 33.2 Å². The lowest BCUT2D eigenvalue weighted by atomic mass is 10.2. The molecule has 0 unspecified atom stereocenters. The summed E-state index contributed by atoms with van der Waals surface area (Å²) in [6.45, 7) is 2.70. The Morgan fingerprint density at radius 2 is 1.93 bits per heavy atom. The molecule has 1 saturated heterocycles. The van der Waals surface area contributed by atoms with E-state index in [4.69, 9.17) is 33.3 Å². The van der Waals surface area contributed by atoms with Gasteiger partial charge in [-0.05, 0) is 42.8 Å². The van der Waals surface area contributed by atoms with Gasteiger partial charge in [0.2, 0.25) is 0 Å². The van der Waals surface area contributed by atoms with E-state index in [0.717, 1.165) is 16.9 Å². The van der Waals surface area contributed by atoms with Gasteiger partial charge in [0, 0.05) is 17.6 Å². The molecule has 4 nitrogen and oxygen atoms in total. The highest BCUT2D eigenvalue weighted by molar-refractivity contribution is 8.26. The molecular weight excluding hydrogens is 402 g/mol. The quantitative estimate of drug-likeness (QED) is 0.377. The third-order valence-electron chi connectivity index (χ3n) is 3.93. The van der Waals surface area contributed by atoms with Gasteiger partial charge in [0.15, 0.2) is 0 Å². The standard InChI is InChI=1S/C20H18ClNO3S2/c1-13-11-15(7-8-16(13)21)24-9-10-25-17-6-4-3-5-14(17)12-18-19(23)22(2)20(26)27-18/h3-8,11-12H,9-10H2,1-2H3/b18-12-. The van der Waals surface area contributed by atoms with Gasteiger partial charge in [-0.3, -0.25) is 9.69 Å². The lowest BCUT2D eigenvalue weighted by Gasteiger charge is -2.11. The highest BCUT2D eigenvalue weighted by Crippen LogP contribution is 2.33. The number of hydrogen-bond acceptors (Lipinski definition) is 5. The van der Waals surface area contributed by atoms with Crippen LogP contribution >= 0.6 is 35.6 Å². The molecule has 0 radical (unpaired) electrons. The van der Waals surface area contributed by atoms with Crippen LogP contribution in [0, 0.1) is 6.92 Å². The summed E-state index contributed by atoms with van der Waals surface area (Å²) in [6.07, 6.45) is 1.81. The van der Waals surface area contributed by atoms with Gasteiger partial charge >= 0.3 is 0 Å². The zero-order chi connectivity index (χ0) is 19.4. The monoisotopic (exact) mass is 419 g/mol. The second-order valence-corrected chi connectivity index (χ2v) is 7.97. The van der Waals surface area contributed by atoms with Crippen LogP contribution in [-0.4, -0.2) is 35.4 Å². The second-order valence-electron chi connectivity index (χ2n) is 5.89. The van der Waals surface area contributed by atoms with Crippen LogP contribution in [-0.2, 0) is 4.79 Å². The molecule has 140 valence electrons. The van der Waals surface area contributed by atoms with Gasteiger partial charge in [0.25, 0.3) is 5.91 Å². The number of halogens is 1. The molecular formula is C20H18ClNO3S2. The zero-order valence-corrected chi connectivity index (χ0v) is 17.3. The number of carbonyl (C=O) groups is 1. The minimum absolute atomic E-state index is 0.0961. The smallest absolute Gasteiger partial charge is 0.265 e. The third kappa shape index (κ3) is 4.83. The summed E-state index contributed by atoms with van der Waals surface area (Å²) in [6, 6.07) is 13.1. The fourth-order valence-electron chi connectivity index (χ4n) is 2.44. The van der Waals surface area contributed by atoms with Crippen molar-refractivity contribution in [1.82, 2.24) is 4.90 Å². The predicted molar refractivity (Wildman–Crippen MR) is 115 cm³/mol. The van der Waals surface area contributed by atoms with Gasteiger partial charge < -0.3 is 9.47 Å². The van der Waals surface area contributed by atoms with Crippen LogP contribution in [0.3, 0.4) is 0 Å². The maximum Gasteiger partial charge on any atom is 0.265 e. The molecule has 27 heavy (non-hydrogen) atoms. The summed E-state index contributed by atoms with van der Waals surface area (Å²) < 4.78 is 12.1. The van der Waals surface area contributed by atoms with E-state index >= 15 is 0 Å². The number of aryl methyl sites for hydroxylation is 1. The number of amides is 1. The average Bonchev–Trinajstić information content (AvgIpc) is 2.89. The van der Waals surface area contributed by atoms with Crippen LogP contribution in [0.25, 0.3) is 6.08 Å². The molecule has 1 aliphatic heterocycles. The Hall–Kier alpha value is -2.02. The predicted octanol–water partition coefficient (Wildman–Crippen LogP) is 4.94. The number of benzene rings is 2. The number of carbonyl (C=O) groups excluding carboxylic acids is 1. The summed E-state index contributed by atoms with van der Waals surface area (Å²) >= 11 is 12.5. The summed E-state index contributed by atoms with van der Waals surface area (Å²) in [5.41, 5.74) is 1.79. The van der Waals surface area contributed by atoms with Gasteiger partial charge in [-0.2, -0.15) is 0 Å². The fraction of sp³-hybridized carbons (Fsp3) is 0.200. The maximum atomic E-state index is 12.2. The molecule has 2 aromatic carbocycles. The van der Waals surface area contributed by atoms with E-state index in [1.165, 1.54) is 16.7 Å². The van der Waals surface area contributed by atoms with Crippen LogP contribution < -0.4 is 9.47 Å². The van der Waals surface area contributed by atoms with Crippen molar-refractivity contribution < 1.29 is 14.3 Å². The van der Waals surface area contributed by atoms with Crippen molar-refractivity contribution in [2.75, 3.05) is 20.3 Å². The topological polar surface area (TPSA) is 38.8 Å². The van der Waals surface area contributed by atoms with E-state index in [9.17, 15) is 4.79 Å². The lowest BCUT2D eigenvalue weighted by molar-refractivity contribution is -0.121. The van der Waals surface area contributed by atoms with E-state index in [-0.39, 0.29) is 5.91 Å². The Balaban J connectivity index is 1.62. The minimum atomic E-state index is -0.0961. The first kappa shape index (κ1) is 19.7. The Kier molecular flexibility index (Phi) is 6.42. The molecule has 0 saturated carbocycles. The fourth-order valence-corrected chi connectivity index (χ4v) is 3.72. The summed E-state index contributed by atoms with van der Waals surface area (Å²) in [5.74, 6) is 1.34. The minimum Gasteiger partial charge on any atom is -0.490 e. The average molecular weight is 420 g/mol. The Morgan fingerprint density at radius 3 is 2.63 bits per heavy atom. The lowest BCUT2D eigenvalue weighted by Crippen LogP contribution is -2.22. The van der Waals surface area contributed by atoms with Crippen LogP contribution in [0.4, 0.5) is 0 Å². The first-order valence-corrected chi connectivity index (χ1v) is 9.88. The van der Waals surface area contributed by atoms with Crippen molar-refractivity contribution in [2.24, 2.45) is 0 Å². The molecule has 1 amide bonds. The number of nitrogens with zero attached hydrogens (tertiary/aromatic N) is 1. The molecule has 1 fully saturated rings. The van der Waals surface area contributed by atoms with Gasteiger partial charge in [-0.25, -0.2) is 0 Å². The van der Waals surface area contributed by atoms with Gasteiger partial charge in [0.05, 0.1) is 4.91 Å². The molecule has 1 heterocycles. The van der Waals surface area contributed by atoms with Gasteiger partial charge in [0.1, 0.15) is 29.0 Å².